The number of hydrogen-bond acceptors (Lipinski definition) is 4. The van der Waals surface area contributed by atoms with Crippen molar-refractivity contribution >= 4 is 0 Å². The predicted molar refractivity (Wildman–Crippen MR) is 150 cm³/mol. The Morgan fingerprint density at radius 1 is 0.944 bits per heavy atom. The van der Waals surface area contributed by atoms with Gasteiger partial charge in [-0.1, -0.05) is 64.1 Å². The normalized spacial score (nSPS) is 23.4. The second-order valence-corrected chi connectivity index (χ2v) is 12.3. The molecule has 1 aliphatic carbocycles. The minimum atomic E-state index is 0.471. The molecule has 196 valence electrons. The average Bonchev–Trinajstić information content (AvgIpc) is 2.87. The van der Waals surface area contributed by atoms with Crippen LogP contribution in [0.25, 0.3) is 0 Å². The van der Waals surface area contributed by atoms with Gasteiger partial charge < -0.3 is 10.1 Å². The van der Waals surface area contributed by atoms with Crippen molar-refractivity contribution in [2.75, 3.05) is 39.8 Å². The lowest BCUT2D eigenvalue weighted by atomic mass is 9.60. The number of nitrogens with zero attached hydrogens (tertiary/aromatic N) is 2. The lowest BCUT2D eigenvalue weighted by molar-refractivity contribution is -0.0650. The van der Waals surface area contributed by atoms with E-state index < -0.39 is 0 Å². The standard InChI is InChI=1S/C32H47N3O/c1-23(2)27-8-6-7-9-29(27)30-22-34(21-25-10-11-28(24(3)4)31(18-25)36-5)16-17-35(30)26-19-32(20-26)12-14-33-15-13-32/h6-11,18,23-24,26,30,33H,12-17,19-22H2,1-5H3. The highest BCUT2D eigenvalue weighted by Crippen LogP contribution is 2.52. The van der Waals surface area contributed by atoms with E-state index in [0.29, 0.717) is 23.3 Å². The summed E-state index contributed by atoms with van der Waals surface area (Å²) in [4.78, 5) is 5.58. The molecule has 0 radical (unpaired) electrons. The molecule has 3 aliphatic rings. The number of methoxy groups -OCH3 is 1. The number of hydrogen-bond donors (Lipinski definition) is 1. The third-order valence-corrected chi connectivity index (χ3v) is 9.28. The fraction of sp³-hybridized carbons (Fsp3) is 0.625. The Morgan fingerprint density at radius 2 is 1.67 bits per heavy atom. The fourth-order valence-corrected chi connectivity index (χ4v) is 7.18. The van der Waals surface area contributed by atoms with Crippen LogP contribution < -0.4 is 10.1 Å². The molecule has 1 N–H and O–H groups in total. The molecule has 2 heterocycles. The van der Waals surface area contributed by atoms with Crippen LogP contribution in [0.15, 0.2) is 42.5 Å². The zero-order chi connectivity index (χ0) is 25.3. The number of ether oxygens (including phenoxy) is 1. The van der Waals surface area contributed by atoms with Gasteiger partial charge in [0, 0.05) is 38.3 Å². The Morgan fingerprint density at radius 3 is 2.36 bits per heavy atom. The molecular weight excluding hydrogens is 442 g/mol. The van der Waals surface area contributed by atoms with Gasteiger partial charge in [0.15, 0.2) is 0 Å². The van der Waals surface area contributed by atoms with Gasteiger partial charge in [0.05, 0.1) is 7.11 Å². The van der Waals surface area contributed by atoms with Gasteiger partial charge in [0.25, 0.3) is 0 Å². The Labute approximate surface area is 219 Å². The van der Waals surface area contributed by atoms with Crippen molar-refractivity contribution in [2.24, 2.45) is 5.41 Å². The van der Waals surface area contributed by atoms with Crippen LogP contribution in [0.3, 0.4) is 0 Å². The van der Waals surface area contributed by atoms with E-state index in [9.17, 15) is 0 Å². The molecule has 3 fully saturated rings. The van der Waals surface area contributed by atoms with Gasteiger partial charge in [-0.25, -0.2) is 0 Å². The molecule has 5 rings (SSSR count). The maximum absolute atomic E-state index is 5.76. The van der Waals surface area contributed by atoms with Crippen molar-refractivity contribution in [1.82, 2.24) is 15.1 Å². The van der Waals surface area contributed by atoms with E-state index in [1.54, 1.807) is 12.7 Å². The van der Waals surface area contributed by atoms with E-state index in [2.05, 4.69) is 85.3 Å². The van der Waals surface area contributed by atoms with Crippen molar-refractivity contribution in [3.63, 3.8) is 0 Å². The van der Waals surface area contributed by atoms with Crippen molar-refractivity contribution < 1.29 is 4.74 Å². The van der Waals surface area contributed by atoms with E-state index >= 15 is 0 Å². The average molecular weight is 490 g/mol. The molecule has 1 unspecified atom stereocenters. The Bertz CT molecular complexity index is 1020. The smallest absolute Gasteiger partial charge is 0.122 e. The first-order valence-electron chi connectivity index (χ1n) is 14.3. The van der Waals surface area contributed by atoms with Gasteiger partial charge in [0.2, 0.25) is 0 Å². The van der Waals surface area contributed by atoms with Crippen LogP contribution in [-0.4, -0.2) is 55.7 Å². The van der Waals surface area contributed by atoms with Crippen molar-refractivity contribution in [3.05, 3.63) is 64.7 Å². The monoisotopic (exact) mass is 489 g/mol. The SMILES string of the molecule is COc1cc(CN2CCN(C3CC4(CCNCC4)C3)C(c3ccccc3C(C)C)C2)ccc1C(C)C. The number of piperazine rings is 1. The third kappa shape index (κ3) is 5.23. The summed E-state index contributed by atoms with van der Waals surface area (Å²) in [7, 11) is 1.80. The van der Waals surface area contributed by atoms with Crippen molar-refractivity contribution in [3.8, 4) is 5.75 Å². The summed E-state index contributed by atoms with van der Waals surface area (Å²) in [6.07, 6.45) is 5.52. The molecule has 0 aromatic heterocycles. The van der Waals surface area contributed by atoms with Gasteiger partial charge in [-0.2, -0.15) is 0 Å². The maximum atomic E-state index is 5.76. The van der Waals surface area contributed by atoms with Crippen LogP contribution in [0.5, 0.6) is 5.75 Å². The molecule has 0 bridgehead atoms. The summed E-state index contributed by atoms with van der Waals surface area (Å²) in [6.45, 7) is 16.0. The molecule has 2 aliphatic heterocycles. The van der Waals surface area contributed by atoms with Crippen LogP contribution in [0.1, 0.15) is 93.5 Å². The molecule has 1 atom stereocenters. The minimum Gasteiger partial charge on any atom is -0.496 e. The molecule has 2 saturated heterocycles. The Balaban J connectivity index is 1.36. The minimum absolute atomic E-state index is 0.471. The summed E-state index contributed by atoms with van der Waals surface area (Å²) in [5.74, 6) is 2.05. The van der Waals surface area contributed by atoms with Gasteiger partial charge in [-0.3, -0.25) is 9.80 Å². The second kappa shape index (κ2) is 10.8. The molecule has 4 nitrogen and oxygen atoms in total. The highest BCUT2D eigenvalue weighted by molar-refractivity contribution is 5.39. The number of benzene rings is 2. The number of rotatable bonds is 7. The van der Waals surface area contributed by atoms with Gasteiger partial charge in [-0.15, -0.1) is 0 Å². The summed E-state index contributed by atoms with van der Waals surface area (Å²) >= 11 is 0. The highest BCUT2D eigenvalue weighted by Gasteiger charge is 2.49. The molecule has 2 aromatic carbocycles. The molecule has 2 aromatic rings. The number of nitrogens with one attached hydrogen (secondary N) is 1. The van der Waals surface area contributed by atoms with Gasteiger partial charge in [0.1, 0.15) is 5.75 Å². The molecule has 1 saturated carbocycles. The second-order valence-electron chi connectivity index (χ2n) is 12.3. The fourth-order valence-electron chi connectivity index (χ4n) is 7.18. The van der Waals surface area contributed by atoms with Crippen LogP contribution >= 0.6 is 0 Å². The first kappa shape index (κ1) is 25.8. The summed E-state index contributed by atoms with van der Waals surface area (Å²) in [6, 6.07) is 17.3. The summed E-state index contributed by atoms with van der Waals surface area (Å²) in [5, 5.41) is 3.57. The molecule has 1 spiro atoms. The summed E-state index contributed by atoms with van der Waals surface area (Å²) < 4.78 is 5.76. The molecular formula is C32H47N3O. The zero-order valence-electron chi connectivity index (χ0n) is 23.2. The Hall–Kier alpha value is -1.88. The highest BCUT2D eigenvalue weighted by atomic mass is 16.5. The van der Waals surface area contributed by atoms with Crippen molar-refractivity contribution in [2.45, 2.75) is 83.8 Å². The van der Waals surface area contributed by atoms with Crippen LogP contribution in [0, 0.1) is 5.41 Å². The third-order valence-electron chi connectivity index (χ3n) is 9.28. The van der Waals surface area contributed by atoms with E-state index in [0.717, 1.165) is 38.0 Å². The first-order chi connectivity index (χ1) is 17.4. The van der Waals surface area contributed by atoms with Crippen LogP contribution in [-0.2, 0) is 6.54 Å². The predicted octanol–water partition coefficient (Wildman–Crippen LogP) is 6.33. The van der Waals surface area contributed by atoms with Crippen LogP contribution in [0.4, 0.5) is 0 Å². The lowest BCUT2D eigenvalue weighted by Gasteiger charge is -2.57. The summed E-state index contributed by atoms with van der Waals surface area (Å²) in [5.41, 5.74) is 6.35. The topological polar surface area (TPSA) is 27.7 Å². The number of piperidine rings is 1. The Kier molecular flexibility index (Phi) is 7.76. The quantitative estimate of drug-likeness (QED) is 0.492. The van der Waals surface area contributed by atoms with Crippen LogP contribution in [0.2, 0.25) is 0 Å². The first-order valence-corrected chi connectivity index (χ1v) is 14.3. The van der Waals surface area contributed by atoms with Gasteiger partial charge >= 0.3 is 0 Å². The van der Waals surface area contributed by atoms with E-state index in [1.807, 2.05) is 0 Å². The van der Waals surface area contributed by atoms with Gasteiger partial charge in [-0.05, 0) is 84.3 Å². The largest absolute Gasteiger partial charge is 0.496 e. The van der Waals surface area contributed by atoms with Crippen molar-refractivity contribution in [1.29, 1.82) is 0 Å². The molecule has 0 amide bonds. The zero-order valence-corrected chi connectivity index (χ0v) is 23.2. The molecule has 4 heteroatoms. The van der Waals surface area contributed by atoms with E-state index in [-0.39, 0.29) is 0 Å². The lowest BCUT2D eigenvalue weighted by Crippen LogP contribution is -2.59. The van der Waals surface area contributed by atoms with E-state index in [4.69, 9.17) is 4.74 Å². The molecule has 36 heavy (non-hydrogen) atoms. The maximum Gasteiger partial charge on any atom is 0.122 e. The van der Waals surface area contributed by atoms with E-state index in [1.165, 1.54) is 55.5 Å².